The Balaban J connectivity index is 2.13. The number of hydrogen-bond donors (Lipinski definition) is 1. The topological polar surface area (TPSA) is 47.7 Å². The maximum atomic E-state index is 13.9. The number of nitrogens with two attached hydrogens (primary N) is 1. The maximum Gasteiger partial charge on any atom is 0.167 e. The number of nitrogen functional groups attached to an aromatic ring is 1. The van der Waals surface area contributed by atoms with Crippen molar-refractivity contribution in [1.29, 1.82) is 0 Å². The van der Waals surface area contributed by atoms with E-state index in [1.165, 1.54) is 6.07 Å². The number of benzene rings is 1. The van der Waals surface area contributed by atoms with E-state index in [1.807, 2.05) is 20.9 Å². The minimum absolute atomic E-state index is 0.0759. The van der Waals surface area contributed by atoms with Crippen LogP contribution >= 0.6 is 0 Å². The highest BCUT2D eigenvalue weighted by molar-refractivity contribution is 5.69. The molecule has 2 rings (SSSR count). The van der Waals surface area contributed by atoms with Gasteiger partial charge in [0.05, 0.1) is 24.1 Å². The van der Waals surface area contributed by atoms with Crippen molar-refractivity contribution in [3.8, 4) is 5.75 Å². The Labute approximate surface area is 126 Å². The smallest absolute Gasteiger partial charge is 0.167 e. The number of hydrogen-bond acceptors (Lipinski definition) is 4. The summed E-state index contributed by atoms with van der Waals surface area (Å²) in [4.78, 5) is 2.06. The third-order valence-corrected chi connectivity index (χ3v) is 3.64. The van der Waals surface area contributed by atoms with Crippen molar-refractivity contribution in [3.05, 3.63) is 17.9 Å². The summed E-state index contributed by atoms with van der Waals surface area (Å²) < 4.78 is 24.9. The van der Waals surface area contributed by atoms with Crippen LogP contribution in [0.25, 0.3) is 0 Å². The van der Waals surface area contributed by atoms with Crippen LogP contribution in [0.15, 0.2) is 12.1 Å². The average molecular weight is 296 g/mol. The first kappa shape index (κ1) is 15.9. The summed E-state index contributed by atoms with van der Waals surface area (Å²) >= 11 is 0. The van der Waals surface area contributed by atoms with Crippen LogP contribution in [0.3, 0.4) is 0 Å². The van der Waals surface area contributed by atoms with Gasteiger partial charge in [-0.15, -0.1) is 0 Å². The molecule has 0 radical (unpaired) electrons. The van der Waals surface area contributed by atoms with E-state index in [0.717, 1.165) is 38.3 Å². The quantitative estimate of drug-likeness (QED) is 0.848. The van der Waals surface area contributed by atoms with Crippen LogP contribution in [0, 0.1) is 11.7 Å². The lowest BCUT2D eigenvalue weighted by atomic mass is 10.0. The highest BCUT2D eigenvalue weighted by Crippen LogP contribution is 2.32. The summed E-state index contributed by atoms with van der Waals surface area (Å²) in [5.74, 6) is 0.322. The predicted octanol–water partition coefficient (Wildman–Crippen LogP) is 3.06. The molecule has 0 bridgehead atoms. The van der Waals surface area contributed by atoms with E-state index in [2.05, 4.69) is 4.90 Å². The van der Waals surface area contributed by atoms with E-state index in [-0.39, 0.29) is 11.9 Å². The third kappa shape index (κ3) is 4.24. The zero-order valence-electron chi connectivity index (χ0n) is 13.1. The van der Waals surface area contributed by atoms with Crippen molar-refractivity contribution in [2.75, 3.05) is 37.4 Å². The lowest BCUT2D eigenvalue weighted by Crippen LogP contribution is -2.31. The van der Waals surface area contributed by atoms with E-state index >= 15 is 0 Å². The van der Waals surface area contributed by atoms with Crippen molar-refractivity contribution >= 4 is 11.4 Å². The van der Waals surface area contributed by atoms with Crippen LogP contribution < -0.4 is 15.4 Å². The van der Waals surface area contributed by atoms with Crippen molar-refractivity contribution in [3.63, 3.8) is 0 Å². The molecule has 0 spiro atoms. The lowest BCUT2D eigenvalue weighted by Gasteiger charge is -2.29. The summed E-state index contributed by atoms with van der Waals surface area (Å²) in [5.41, 5.74) is 7.20. The maximum absolute atomic E-state index is 13.9. The normalized spacial score (nSPS) is 18.8. The molecule has 1 aromatic rings. The zero-order valence-corrected chi connectivity index (χ0v) is 13.1. The molecule has 0 saturated carbocycles. The Morgan fingerprint density at radius 2 is 2.24 bits per heavy atom. The monoisotopic (exact) mass is 296 g/mol. The second kappa shape index (κ2) is 6.98. The summed E-state index contributed by atoms with van der Waals surface area (Å²) in [6.45, 7) is 6.22. The fourth-order valence-electron chi connectivity index (χ4n) is 2.67. The van der Waals surface area contributed by atoms with Gasteiger partial charge >= 0.3 is 0 Å². The molecule has 21 heavy (non-hydrogen) atoms. The van der Waals surface area contributed by atoms with Gasteiger partial charge in [-0.3, -0.25) is 0 Å². The molecule has 118 valence electrons. The molecular weight excluding hydrogens is 271 g/mol. The van der Waals surface area contributed by atoms with E-state index < -0.39 is 5.82 Å². The highest BCUT2D eigenvalue weighted by atomic mass is 19.1. The molecule has 5 heteroatoms. The van der Waals surface area contributed by atoms with Crippen molar-refractivity contribution < 1.29 is 13.9 Å². The van der Waals surface area contributed by atoms with Crippen molar-refractivity contribution in [2.45, 2.75) is 32.8 Å². The van der Waals surface area contributed by atoms with Gasteiger partial charge in [0.1, 0.15) is 0 Å². The minimum Gasteiger partial charge on any atom is -0.488 e. The molecule has 1 saturated heterocycles. The molecule has 1 aromatic carbocycles. The molecule has 1 aliphatic rings. The average Bonchev–Trinajstić information content (AvgIpc) is 2.42. The van der Waals surface area contributed by atoms with Crippen LogP contribution in [-0.4, -0.2) is 32.9 Å². The molecule has 1 fully saturated rings. The van der Waals surface area contributed by atoms with Crippen LogP contribution in [-0.2, 0) is 4.74 Å². The standard InChI is InChI=1S/C16H25FN2O2/c1-11(2)21-16-8-15(14(18)7-13(16)17)19(3)9-12-5-4-6-20-10-12/h7-8,11-12H,4-6,9-10,18H2,1-3H3. The Bertz CT molecular complexity index is 474. The number of anilines is 2. The first-order valence-corrected chi connectivity index (χ1v) is 7.52. The molecule has 0 amide bonds. The van der Waals surface area contributed by atoms with Crippen LogP contribution in [0.1, 0.15) is 26.7 Å². The summed E-state index contributed by atoms with van der Waals surface area (Å²) in [6, 6.07) is 3.02. The third-order valence-electron chi connectivity index (χ3n) is 3.64. The van der Waals surface area contributed by atoms with Crippen molar-refractivity contribution in [2.24, 2.45) is 5.92 Å². The molecule has 2 N–H and O–H groups in total. The number of nitrogens with zero attached hydrogens (tertiary/aromatic N) is 1. The molecule has 1 aliphatic heterocycles. The Morgan fingerprint density at radius 1 is 1.48 bits per heavy atom. The first-order chi connectivity index (χ1) is 9.97. The van der Waals surface area contributed by atoms with E-state index in [1.54, 1.807) is 6.07 Å². The highest BCUT2D eigenvalue weighted by Gasteiger charge is 2.19. The molecule has 4 nitrogen and oxygen atoms in total. The second-order valence-electron chi connectivity index (χ2n) is 5.97. The van der Waals surface area contributed by atoms with Crippen LogP contribution in [0.5, 0.6) is 5.75 Å². The van der Waals surface area contributed by atoms with E-state index in [0.29, 0.717) is 11.6 Å². The van der Waals surface area contributed by atoms with Gasteiger partial charge in [-0.1, -0.05) is 0 Å². The summed E-state index contributed by atoms with van der Waals surface area (Å²) in [6.07, 6.45) is 2.17. The van der Waals surface area contributed by atoms with Gasteiger partial charge in [-0.05, 0) is 32.6 Å². The lowest BCUT2D eigenvalue weighted by molar-refractivity contribution is 0.0576. The van der Waals surface area contributed by atoms with Gasteiger partial charge in [0.25, 0.3) is 0 Å². The molecule has 1 atom stereocenters. The van der Waals surface area contributed by atoms with Gasteiger partial charge in [-0.2, -0.15) is 0 Å². The van der Waals surface area contributed by atoms with Gasteiger partial charge in [-0.25, -0.2) is 4.39 Å². The SMILES string of the molecule is CC(C)Oc1cc(N(C)CC2CCCOC2)c(N)cc1F. The molecule has 0 aliphatic carbocycles. The van der Waals surface area contributed by atoms with E-state index in [4.69, 9.17) is 15.2 Å². The summed E-state index contributed by atoms with van der Waals surface area (Å²) in [7, 11) is 1.97. The minimum atomic E-state index is -0.417. The fraction of sp³-hybridized carbons (Fsp3) is 0.625. The second-order valence-corrected chi connectivity index (χ2v) is 5.97. The molecular formula is C16H25FN2O2. The van der Waals surface area contributed by atoms with Gasteiger partial charge in [0.2, 0.25) is 0 Å². The first-order valence-electron chi connectivity index (χ1n) is 7.52. The Kier molecular flexibility index (Phi) is 5.28. The largest absolute Gasteiger partial charge is 0.488 e. The number of rotatable bonds is 5. The summed E-state index contributed by atoms with van der Waals surface area (Å²) in [5, 5.41) is 0. The van der Waals surface area contributed by atoms with Crippen LogP contribution in [0.2, 0.25) is 0 Å². The molecule has 1 heterocycles. The predicted molar refractivity (Wildman–Crippen MR) is 83.4 cm³/mol. The van der Waals surface area contributed by atoms with Gasteiger partial charge < -0.3 is 20.1 Å². The van der Waals surface area contributed by atoms with Crippen LogP contribution in [0.4, 0.5) is 15.8 Å². The van der Waals surface area contributed by atoms with Gasteiger partial charge in [0.15, 0.2) is 11.6 Å². The number of halogens is 1. The molecule has 1 unspecified atom stereocenters. The molecule has 0 aromatic heterocycles. The zero-order chi connectivity index (χ0) is 15.4. The Morgan fingerprint density at radius 3 is 2.86 bits per heavy atom. The number of ether oxygens (including phenoxy) is 2. The van der Waals surface area contributed by atoms with E-state index in [9.17, 15) is 4.39 Å². The Hall–Kier alpha value is -1.49. The van der Waals surface area contributed by atoms with Crippen molar-refractivity contribution in [1.82, 2.24) is 0 Å². The van der Waals surface area contributed by atoms with Gasteiger partial charge in [0, 0.05) is 32.3 Å². The fourth-order valence-corrected chi connectivity index (χ4v) is 2.67.